The van der Waals surface area contributed by atoms with Gasteiger partial charge in [-0.25, -0.2) is 0 Å². The highest BCUT2D eigenvalue weighted by molar-refractivity contribution is 7.16. The third-order valence-corrected chi connectivity index (χ3v) is 6.18. The maximum atomic E-state index is 12.6. The topological polar surface area (TPSA) is 90.2 Å². The number of thiophene rings is 1. The van der Waals surface area contributed by atoms with Crippen LogP contribution in [0.3, 0.4) is 0 Å². The summed E-state index contributed by atoms with van der Waals surface area (Å²) in [6, 6.07) is 2.20. The molecule has 0 fully saturated rings. The molecule has 1 aromatic rings. The summed E-state index contributed by atoms with van der Waals surface area (Å²) in [5.74, 6) is -2.87. The van der Waals surface area contributed by atoms with Gasteiger partial charge >= 0.3 is 5.97 Å². The maximum Gasteiger partial charge on any atom is 0.307 e. The van der Waals surface area contributed by atoms with Crippen LogP contribution in [0.15, 0.2) is 11.1 Å². The summed E-state index contributed by atoms with van der Waals surface area (Å²) >= 11 is 7.45. The van der Waals surface area contributed by atoms with Gasteiger partial charge in [-0.05, 0) is 44.1 Å². The van der Waals surface area contributed by atoms with Crippen molar-refractivity contribution in [2.75, 3.05) is 5.32 Å². The number of halogens is 1. The summed E-state index contributed by atoms with van der Waals surface area (Å²) in [4.78, 5) is 25.2. The molecule has 2 N–H and O–H groups in total. The van der Waals surface area contributed by atoms with E-state index in [0.717, 1.165) is 36.1 Å². The average Bonchev–Trinajstić information content (AvgIpc) is 2.91. The zero-order valence-electron chi connectivity index (χ0n) is 13.0. The van der Waals surface area contributed by atoms with E-state index >= 15 is 0 Å². The van der Waals surface area contributed by atoms with Gasteiger partial charge in [0, 0.05) is 9.91 Å². The van der Waals surface area contributed by atoms with Crippen molar-refractivity contribution in [3.63, 3.8) is 0 Å². The van der Waals surface area contributed by atoms with E-state index in [1.54, 1.807) is 6.08 Å². The van der Waals surface area contributed by atoms with Crippen molar-refractivity contribution in [1.82, 2.24) is 0 Å². The summed E-state index contributed by atoms with van der Waals surface area (Å²) in [5, 5.41) is 22.7. The van der Waals surface area contributed by atoms with E-state index in [0.29, 0.717) is 15.6 Å². The van der Waals surface area contributed by atoms with Crippen LogP contribution in [0.25, 0.3) is 0 Å². The number of amides is 1. The van der Waals surface area contributed by atoms with Crippen molar-refractivity contribution in [2.24, 2.45) is 11.8 Å². The van der Waals surface area contributed by atoms with Gasteiger partial charge < -0.3 is 10.4 Å². The van der Waals surface area contributed by atoms with Crippen molar-refractivity contribution < 1.29 is 14.7 Å². The number of fused-ring (bicyclic) bond motifs is 1. The highest BCUT2D eigenvalue weighted by Gasteiger charge is 2.36. The molecule has 1 amide bonds. The number of hydrogen-bond acceptors (Lipinski definition) is 4. The molecule has 5 nitrogen and oxygen atoms in total. The molecule has 2 aliphatic rings. The number of carboxylic acids is 1. The lowest BCUT2D eigenvalue weighted by Gasteiger charge is -2.25. The van der Waals surface area contributed by atoms with Gasteiger partial charge in [0.25, 0.3) is 0 Å². The second kappa shape index (κ2) is 6.96. The Morgan fingerprint density at radius 1 is 1.33 bits per heavy atom. The molecular weight excluding hydrogens is 348 g/mol. The van der Waals surface area contributed by atoms with E-state index in [4.69, 9.17) is 11.6 Å². The molecule has 0 saturated heterocycles. The quantitative estimate of drug-likeness (QED) is 0.856. The normalized spacial score (nSPS) is 22.9. The van der Waals surface area contributed by atoms with Gasteiger partial charge in [-0.3, -0.25) is 9.59 Å². The Kier molecular flexibility index (Phi) is 4.93. The number of anilines is 1. The van der Waals surface area contributed by atoms with Gasteiger partial charge in [-0.15, -0.1) is 11.3 Å². The van der Waals surface area contributed by atoms with Crippen LogP contribution >= 0.6 is 22.9 Å². The fourth-order valence-corrected chi connectivity index (χ4v) is 4.88. The Balaban J connectivity index is 1.84. The molecule has 0 saturated carbocycles. The second-order valence-electron chi connectivity index (χ2n) is 6.16. The molecule has 0 bridgehead atoms. The lowest BCUT2D eigenvalue weighted by Crippen LogP contribution is -2.35. The highest BCUT2D eigenvalue weighted by atomic mass is 35.5. The van der Waals surface area contributed by atoms with Crippen molar-refractivity contribution in [1.29, 1.82) is 5.26 Å². The molecule has 1 aromatic heterocycles. The van der Waals surface area contributed by atoms with Crippen molar-refractivity contribution in [3.05, 3.63) is 27.1 Å². The number of nitrogens with zero attached hydrogens (tertiary/aromatic N) is 1. The van der Waals surface area contributed by atoms with Crippen LogP contribution in [-0.4, -0.2) is 17.0 Å². The highest BCUT2D eigenvalue weighted by Crippen LogP contribution is 2.39. The number of carboxylic acid groups (broad SMARTS) is 1. The minimum absolute atomic E-state index is 0.220. The van der Waals surface area contributed by atoms with Crippen molar-refractivity contribution >= 4 is 39.8 Å². The number of carbonyl (C=O) groups is 2. The van der Waals surface area contributed by atoms with Crippen LogP contribution in [0.4, 0.5) is 5.00 Å². The lowest BCUT2D eigenvalue weighted by atomic mass is 9.82. The van der Waals surface area contributed by atoms with Crippen LogP contribution in [0.5, 0.6) is 0 Å². The van der Waals surface area contributed by atoms with Gasteiger partial charge in [-0.2, -0.15) is 5.26 Å². The number of carbonyl (C=O) groups excluding carboxylic acids is 1. The largest absolute Gasteiger partial charge is 0.481 e. The van der Waals surface area contributed by atoms with E-state index in [2.05, 4.69) is 11.4 Å². The first-order valence-corrected chi connectivity index (χ1v) is 9.13. The Morgan fingerprint density at radius 3 is 2.79 bits per heavy atom. The predicted molar refractivity (Wildman–Crippen MR) is 92.1 cm³/mol. The molecule has 0 spiro atoms. The van der Waals surface area contributed by atoms with E-state index in [9.17, 15) is 20.0 Å². The van der Waals surface area contributed by atoms with Crippen molar-refractivity contribution in [2.45, 2.75) is 38.5 Å². The van der Waals surface area contributed by atoms with E-state index in [1.807, 2.05) is 0 Å². The standard InChI is InChI=1S/C17H17ClN2O3S/c18-9-5-6-11(17(22)23)12(7-9)15(21)20-16-13(8-19)10-3-1-2-4-14(10)24-16/h5,11-12H,1-4,6-7H2,(H,20,21)(H,22,23)/t11-,12-/m1/s1. The summed E-state index contributed by atoms with van der Waals surface area (Å²) in [6.07, 6.45) is 6.07. The van der Waals surface area contributed by atoms with Crippen LogP contribution in [0, 0.1) is 23.2 Å². The van der Waals surface area contributed by atoms with Crippen LogP contribution in [0.1, 0.15) is 41.7 Å². The Hall–Kier alpha value is -1.84. The zero-order chi connectivity index (χ0) is 17.3. The Labute approximate surface area is 148 Å². The molecule has 2 atom stereocenters. The number of aliphatic carboxylic acids is 1. The van der Waals surface area contributed by atoms with Gasteiger partial charge in [-0.1, -0.05) is 17.7 Å². The molecule has 0 unspecified atom stereocenters. The van der Waals surface area contributed by atoms with Crippen LogP contribution in [-0.2, 0) is 22.4 Å². The van der Waals surface area contributed by atoms with Gasteiger partial charge in [0.15, 0.2) is 0 Å². The number of allylic oxidation sites excluding steroid dienone is 2. The summed E-state index contributed by atoms with van der Waals surface area (Å²) in [5.41, 5.74) is 1.58. The molecule has 0 aliphatic heterocycles. The number of hydrogen-bond donors (Lipinski definition) is 2. The fraction of sp³-hybridized carbons (Fsp3) is 0.471. The molecule has 2 aliphatic carbocycles. The van der Waals surface area contributed by atoms with Crippen LogP contribution < -0.4 is 5.32 Å². The van der Waals surface area contributed by atoms with E-state index in [1.165, 1.54) is 11.3 Å². The Bertz CT molecular complexity index is 763. The molecule has 3 rings (SSSR count). The fourth-order valence-electron chi connectivity index (χ4n) is 3.38. The summed E-state index contributed by atoms with van der Waals surface area (Å²) < 4.78 is 0. The summed E-state index contributed by atoms with van der Waals surface area (Å²) in [6.45, 7) is 0. The smallest absolute Gasteiger partial charge is 0.307 e. The third-order valence-electron chi connectivity index (χ3n) is 4.67. The molecule has 7 heteroatoms. The second-order valence-corrected chi connectivity index (χ2v) is 7.75. The monoisotopic (exact) mass is 364 g/mol. The SMILES string of the molecule is N#Cc1c(NC(=O)[C@@H]2CC(Cl)=CC[C@H]2C(=O)O)sc2c1CCCC2. The van der Waals surface area contributed by atoms with Gasteiger partial charge in [0.2, 0.25) is 5.91 Å². The number of rotatable bonds is 3. The average molecular weight is 365 g/mol. The van der Waals surface area contributed by atoms with E-state index < -0.39 is 17.8 Å². The third kappa shape index (κ3) is 3.19. The minimum Gasteiger partial charge on any atom is -0.481 e. The lowest BCUT2D eigenvalue weighted by molar-refractivity contribution is -0.146. The zero-order valence-corrected chi connectivity index (χ0v) is 14.5. The molecule has 0 radical (unpaired) electrons. The molecule has 0 aromatic carbocycles. The number of aryl methyl sites for hydroxylation is 1. The van der Waals surface area contributed by atoms with Crippen LogP contribution in [0.2, 0.25) is 0 Å². The first kappa shape index (κ1) is 17.0. The Morgan fingerprint density at radius 2 is 2.08 bits per heavy atom. The van der Waals surface area contributed by atoms with Crippen molar-refractivity contribution in [3.8, 4) is 6.07 Å². The first-order chi connectivity index (χ1) is 11.5. The number of nitrogens with one attached hydrogen (secondary N) is 1. The first-order valence-electron chi connectivity index (χ1n) is 7.94. The molecule has 24 heavy (non-hydrogen) atoms. The van der Waals surface area contributed by atoms with Gasteiger partial charge in [0.05, 0.1) is 17.4 Å². The molecule has 126 valence electrons. The number of nitriles is 1. The van der Waals surface area contributed by atoms with E-state index in [-0.39, 0.29) is 18.7 Å². The maximum absolute atomic E-state index is 12.6. The summed E-state index contributed by atoms with van der Waals surface area (Å²) in [7, 11) is 0. The predicted octanol–water partition coefficient (Wildman–Crippen LogP) is 3.67. The minimum atomic E-state index is -0.999. The molecular formula is C17H17ClN2O3S. The molecule has 1 heterocycles. The van der Waals surface area contributed by atoms with Gasteiger partial charge in [0.1, 0.15) is 11.1 Å².